The first-order valence-corrected chi connectivity index (χ1v) is 11.3. The summed E-state index contributed by atoms with van der Waals surface area (Å²) in [6, 6.07) is 5.79. The zero-order chi connectivity index (χ0) is 18.0. The standard InChI is InChI=1S/C16H23NO5S2/c1-12(2)6-8-17-16(18)13-4-3-5-14(10-13)24(21,22)15-7-9-23(19,20)11-15/h3-5,10,12,15H,6-9,11H2,1-2H3,(H,17,18). The van der Waals surface area contributed by atoms with Crippen molar-refractivity contribution in [2.45, 2.75) is 36.8 Å². The highest BCUT2D eigenvalue weighted by molar-refractivity contribution is 7.96. The fraction of sp³-hybridized carbons (Fsp3) is 0.562. The van der Waals surface area contributed by atoms with Crippen molar-refractivity contribution >= 4 is 25.6 Å². The molecule has 1 atom stereocenters. The van der Waals surface area contributed by atoms with Crippen molar-refractivity contribution < 1.29 is 21.6 Å². The summed E-state index contributed by atoms with van der Waals surface area (Å²) >= 11 is 0. The lowest BCUT2D eigenvalue weighted by Crippen LogP contribution is -2.26. The van der Waals surface area contributed by atoms with Gasteiger partial charge < -0.3 is 5.32 Å². The van der Waals surface area contributed by atoms with Crippen molar-refractivity contribution in [1.29, 1.82) is 0 Å². The summed E-state index contributed by atoms with van der Waals surface area (Å²) in [5, 5.41) is 1.83. The van der Waals surface area contributed by atoms with Gasteiger partial charge in [0.1, 0.15) is 0 Å². The molecule has 1 N–H and O–H groups in total. The van der Waals surface area contributed by atoms with E-state index in [4.69, 9.17) is 0 Å². The van der Waals surface area contributed by atoms with Gasteiger partial charge in [-0.15, -0.1) is 0 Å². The van der Waals surface area contributed by atoms with E-state index < -0.39 is 24.9 Å². The minimum Gasteiger partial charge on any atom is -0.352 e. The topological polar surface area (TPSA) is 97.4 Å². The molecule has 6 nitrogen and oxygen atoms in total. The van der Waals surface area contributed by atoms with Crippen LogP contribution in [-0.2, 0) is 19.7 Å². The van der Waals surface area contributed by atoms with Gasteiger partial charge in [-0.1, -0.05) is 19.9 Å². The molecule has 0 radical (unpaired) electrons. The van der Waals surface area contributed by atoms with Gasteiger partial charge in [-0.05, 0) is 37.0 Å². The monoisotopic (exact) mass is 373 g/mol. The number of amides is 1. The second-order valence-electron chi connectivity index (χ2n) is 6.54. The summed E-state index contributed by atoms with van der Waals surface area (Å²) in [5.74, 6) is -0.319. The van der Waals surface area contributed by atoms with Gasteiger partial charge in [0.15, 0.2) is 19.7 Å². The molecule has 0 aromatic heterocycles. The predicted octanol–water partition coefficient (Wildman–Crippen LogP) is 1.42. The molecule has 1 amide bonds. The third-order valence-corrected chi connectivity index (χ3v) is 8.23. The van der Waals surface area contributed by atoms with Gasteiger partial charge in [0, 0.05) is 12.1 Å². The second-order valence-corrected chi connectivity index (χ2v) is 11.0. The highest BCUT2D eigenvalue weighted by atomic mass is 32.2. The van der Waals surface area contributed by atoms with E-state index in [2.05, 4.69) is 19.2 Å². The quantitative estimate of drug-likeness (QED) is 0.813. The second kappa shape index (κ2) is 7.23. The van der Waals surface area contributed by atoms with Crippen LogP contribution in [0, 0.1) is 5.92 Å². The molecule has 8 heteroatoms. The molecular formula is C16H23NO5S2. The van der Waals surface area contributed by atoms with Crippen molar-refractivity contribution in [3.63, 3.8) is 0 Å². The molecule has 134 valence electrons. The highest BCUT2D eigenvalue weighted by Crippen LogP contribution is 2.25. The Bertz CT molecular complexity index is 813. The zero-order valence-corrected chi connectivity index (χ0v) is 15.5. The van der Waals surface area contributed by atoms with E-state index in [1.807, 2.05) is 0 Å². The summed E-state index contributed by atoms with van der Waals surface area (Å²) in [5.41, 5.74) is 0.265. The first-order chi connectivity index (χ1) is 11.1. The van der Waals surface area contributed by atoms with Crippen molar-refractivity contribution in [2.75, 3.05) is 18.1 Å². The Labute approximate surface area is 143 Å². The van der Waals surface area contributed by atoms with Crippen LogP contribution in [0.2, 0.25) is 0 Å². The molecule has 0 saturated carbocycles. The number of benzene rings is 1. The Kier molecular flexibility index (Phi) is 5.70. The number of carbonyl (C=O) groups excluding carboxylic acids is 1. The van der Waals surface area contributed by atoms with Gasteiger partial charge in [-0.2, -0.15) is 0 Å². The maximum Gasteiger partial charge on any atom is 0.251 e. The van der Waals surface area contributed by atoms with Crippen LogP contribution in [0.4, 0.5) is 0 Å². The molecule has 1 aromatic carbocycles. The van der Waals surface area contributed by atoms with Gasteiger partial charge in [0.25, 0.3) is 5.91 Å². The Morgan fingerprint density at radius 1 is 1.33 bits per heavy atom. The molecule has 1 aromatic rings. The van der Waals surface area contributed by atoms with Crippen LogP contribution in [0.25, 0.3) is 0 Å². The van der Waals surface area contributed by atoms with Crippen LogP contribution >= 0.6 is 0 Å². The first kappa shape index (κ1) is 18.9. The maximum absolute atomic E-state index is 12.6. The van der Waals surface area contributed by atoms with Crippen molar-refractivity contribution in [3.8, 4) is 0 Å². The van der Waals surface area contributed by atoms with E-state index in [9.17, 15) is 21.6 Å². The van der Waals surface area contributed by atoms with Gasteiger partial charge >= 0.3 is 0 Å². The smallest absolute Gasteiger partial charge is 0.251 e. The molecule has 1 aliphatic heterocycles. The number of hydrogen-bond donors (Lipinski definition) is 1. The lowest BCUT2D eigenvalue weighted by Gasteiger charge is -2.12. The predicted molar refractivity (Wildman–Crippen MR) is 92.5 cm³/mol. The van der Waals surface area contributed by atoms with Crippen LogP contribution in [0.3, 0.4) is 0 Å². The Balaban J connectivity index is 2.16. The molecular weight excluding hydrogens is 350 g/mol. The fourth-order valence-corrected chi connectivity index (χ4v) is 6.99. The first-order valence-electron chi connectivity index (χ1n) is 7.94. The minimum absolute atomic E-state index is 0.00103. The lowest BCUT2D eigenvalue weighted by molar-refractivity contribution is 0.0952. The van der Waals surface area contributed by atoms with E-state index in [-0.39, 0.29) is 34.3 Å². The molecule has 0 spiro atoms. The van der Waals surface area contributed by atoms with Crippen LogP contribution < -0.4 is 5.32 Å². The Hall–Kier alpha value is -1.41. The Morgan fingerprint density at radius 2 is 2.04 bits per heavy atom. The molecule has 1 aliphatic rings. The van der Waals surface area contributed by atoms with Crippen LogP contribution in [0.15, 0.2) is 29.2 Å². The largest absolute Gasteiger partial charge is 0.352 e. The highest BCUT2D eigenvalue weighted by Gasteiger charge is 2.38. The van der Waals surface area contributed by atoms with E-state index >= 15 is 0 Å². The molecule has 2 rings (SSSR count). The fourth-order valence-electron chi connectivity index (χ4n) is 2.59. The molecule has 1 heterocycles. The number of sulfone groups is 2. The number of carbonyl (C=O) groups is 1. The minimum atomic E-state index is -3.76. The van der Waals surface area contributed by atoms with Gasteiger partial charge in [0.2, 0.25) is 0 Å². The summed E-state index contributed by atoms with van der Waals surface area (Å²) in [6.45, 7) is 4.62. The van der Waals surface area contributed by atoms with Crippen LogP contribution in [-0.4, -0.2) is 46.0 Å². The molecule has 24 heavy (non-hydrogen) atoms. The molecule has 1 unspecified atom stereocenters. The molecule has 0 aliphatic carbocycles. The average molecular weight is 373 g/mol. The third-order valence-electron chi connectivity index (χ3n) is 4.06. The lowest BCUT2D eigenvalue weighted by atomic mass is 10.1. The van der Waals surface area contributed by atoms with Crippen LogP contribution in [0.1, 0.15) is 37.0 Å². The third kappa shape index (κ3) is 4.57. The summed E-state index contributed by atoms with van der Waals surface area (Å²) in [7, 11) is -7.05. The number of nitrogens with one attached hydrogen (secondary N) is 1. The Morgan fingerprint density at radius 3 is 2.62 bits per heavy atom. The van der Waals surface area contributed by atoms with Crippen molar-refractivity contribution in [1.82, 2.24) is 5.32 Å². The van der Waals surface area contributed by atoms with E-state index in [0.717, 1.165) is 6.42 Å². The zero-order valence-electron chi connectivity index (χ0n) is 13.9. The van der Waals surface area contributed by atoms with Crippen molar-refractivity contribution in [3.05, 3.63) is 29.8 Å². The number of hydrogen-bond acceptors (Lipinski definition) is 5. The van der Waals surface area contributed by atoms with E-state index in [1.54, 1.807) is 6.07 Å². The summed E-state index contributed by atoms with van der Waals surface area (Å²) in [4.78, 5) is 12.1. The van der Waals surface area contributed by atoms with E-state index in [0.29, 0.717) is 12.5 Å². The summed E-state index contributed by atoms with van der Waals surface area (Å²) < 4.78 is 48.3. The van der Waals surface area contributed by atoms with Crippen LogP contribution in [0.5, 0.6) is 0 Å². The molecule has 1 fully saturated rings. The van der Waals surface area contributed by atoms with E-state index in [1.165, 1.54) is 18.2 Å². The van der Waals surface area contributed by atoms with Gasteiger partial charge in [-0.3, -0.25) is 4.79 Å². The maximum atomic E-state index is 12.6. The van der Waals surface area contributed by atoms with Gasteiger partial charge in [0.05, 0.1) is 21.7 Å². The average Bonchev–Trinajstić information content (AvgIpc) is 2.88. The molecule has 0 bridgehead atoms. The molecule has 1 saturated heterocycles. The number of rotatable bonds is 6. The van der Waals surface area contributed by atoms with Gasteiger partial charge in [-0.25, -0.2) is 16.8 Å². The SMILES string of the molecule is CC(C)CCNC(=O)c1cccc(S(=O)(=O)C2CCS(=O)(=O)C2)c1. The summed E-state index contributed by atoms with van der Waals surface area (Å²) in [6.07, 6.45) is 0.944. The van der Waals surface area contributed by atoms with Crippen molar-refractivity contribution in [2.24, 2.45) is 5.92 Å². The normalized spacial score (nSPS) is 20.2.